The second kappa shape index (κ2) is 6.66. The molecule has 0 unspecified atom stereocenters. The summed E-state index contributed by atoms with van der Waals surface area (Å²) in [6.07, 6.45) is 3.10. The van der Waals surface area contributed by atoms with E-state index in [0.717, 1.165) is 30.6 Å². The number of morpholine rings is 1. The predicted octanol–water partition coefficient (Wildman–Crippen LogP) is 1.14. The van der Waals surface area contributed by atoms with Crippen LogP contribution in [-0.4, -0.2) is 59.5 Å². The minimum absolute atomic E-state index is 0.132. The molecule has 3 rings (SSSR count). The molecule has 22 heavy (non-hydrogen) atoms. The van der Waals surface area contributed by atoms with E-state index in [0.29, 0.717) is 13.1 Å². The summed E-state index contributed by atoms with van der Waals surface area (Å²) in [7, 11) is 0. The van der Waals surface area contributed by atoms with Gasteiger partial charge < -0.3 is 19.8 Å². The van der Waals surface area contributed by atoms with Gasteiger partial charge in [0.25, 0.3) is 0 Å². The summed E-state index contributed by atoms with van der Waals surface area (Å²) >= 11 is 1.65. The van der Waals surface area contributed by atoms with Gasteiger partial charge in [0.05, 0.1) is 30.8 Å². The molecule has 1 saturated heterocycles. The smallest absolute Gasteiger partial charge is 0.234 e. The first kappa shape index (κ1) is 15.9. The third kappa shape index (κ3) is 2.80. The van der Waals surface area contributed by atoms with E-state index in [1.54, 1.807) is 16.2 Å². The monoisotopic (exact) mass is 325 g/mol. The molecule has 0 radical (unpaired) electrons. The molecule has 6 heteroatoms. The molecule has 0 spiro atoms. The van der Waals surface area contributed by atoms with Crippen LogP contribution in [-0.2, 0) is 14.9 Å². The molecular formula is C16H23NO4S. The Hall–Kier alpha value is -0.950. The number of carbonyl (C=O) groups excluding carboxylic acids is 1. The lowest BCUT2D eigenvalue weighted by Crippen LogP contribution is -2.56. The standard InChI is InChI=1S/C16H23NO4S/c18-10-12-8-17(9-13(11-19)21-12)15(20)16(5-1-2-6-16)14-4-3-7-22-14/h3-4,7,12-13,18-19H,1-2,5-6,8-11H2/t12-,13-/m0/s1. The molecule has 2 fully saturated rings. The topological polar surface area (TPSA) is 70.0 Å². The number of hydrogen-bond donors (Lipinski definition) is 2. The van der Waals surface area contributed by atoms with Crippen molar-refractivity contribution in [2.24, 2.45) is 0 Å². The van der Waals surface area contributed by atoms with Crippen molar-refractivity contribution in [2.75, 3.05) is 26.3 Å². The normalized spacial score (nSPS) is 28.0. The maximum absolute atomic E-state index is 13.3. The fourth-order valence-electron chi connectivity index (χ4n) is 3.69. The maximum Gasteiger partial charge on any atom is 0.234 e. The second-order valence-corrected chi connectivity index (χ2v) is 7.17. The number of rotatable bonds is 4. The van der Waals surface area contributed by atoms with E-state index in [-0.39, 0.29) is 19.1 Å². The van der Waals surface area contributed by atoms with Crippen LogP contribution in [0.1, 0.15) is 30.6 Å². The second-order valence-electron chi connectivity index (χ2n) is 6.22. The summed E-state index contributed by atoms with van der Waals surface area (Å²) in [6, 6.07) is 4.06. The van der Waals surface area contributed by atoms with Crippen LogP contribution in [0.2, 0.25) is 0 Å². The molecule has 0 aromatic carbocycles. The lowest BCUT2D eigenvalue weighted by Gasteiger charge is -2.41. The molecule has 5 nitrogen and oxygen atoms in total. The molecule has 1 amide bonds. The Morgan fingerprint density at radius 2 is 1.91 bits per heavy atom. The maximum atomic E-state index is 13.3. The van der Waals surface area contributed by atoms with Crippen LogP contribution in [0.15, 0.2) is 17.5 Å². The Bertz CT molecular complexity index is 486. The molecule has 2 aliphatic rings. The van der Waals surface area contributed by atoms with Gasteiger partial charge in [-0.05, 0) is 24.3 Å². The van der Waals surface area contributed by atoms with Gasteiger partial charge >= 0.3 is 0 Å². The first-order valence-electron chi connectivity index (χ1n) is 7.90. The zero-order valence-electron chi connectivity index (χ0n) is 12.6. The average Bonchev–Trinajstić information content (AvgIpc) is 3.25. The fraction of sp³-hybridized carbons (Fsp3) is 0.688. The zero-order chi connectivity index (χ0) is 15.6. The van der Waals surface area contributed by atoms with Crippen molar-refractivity contribution in [1.29, 1.82) is 0 Å². The SMILES string of the molecule is O=C(N1C[C@@H](CO)O[C@H](CO)C1)C1(c2cccs2)CCCC1. The summed E-state index contributed by atoms with van der Waals surface area (Å²) < 4.78 is 5.56. The Morgan fingerprint density at radius 1 is 1.27 bits per heavy atom. The van der Waals surface area contributed by atoms with Crippen molar-refractivity contribution in [1.82, 2.24) is 4.90 Å². The van der Waals surface area contributed by atoms with E-state index in [2.05, 4.69) is 6.07 Å². The van der Waals surface area contributed by atoms with E-state index in [9.17, 15) is 15.0 Å². The molecular weight excluding hydrogens is 302 g/mol. The molecule has 1 aliphatic heterocycles. The molecule has 1 aromatic heterocycles. The number of thiophene rings is 1. The molecule has 2 atom stereocenters. The summed E-state index contributed by atoms with van der Waals surface area (Å²) in [5.74, 6) is 0.132. The number of aliphatic hydroxyl groups is 2. The van der Waals surface area contributed by atoms with Crippen molar-refractivity contribution >= 4 is 17.2 Å². The molecule has 1 saturated carbocycles. The van der Waals surface area contributed by atoms with Gasteiger partial charge in [0.15, 0.2) is 0 Å². The highest BCUT2D eigenvalue weighted by atomic mass is 32.1. The molecule has 1 aliphatic carbocycles. The molecule has 2 N–H and O–H groups in total. The van der Waals surface area contributed by atoms with Crippen molar-refractivity contribution in [2.45, 2.75) is 43.3 Å². The number of ether oxygens (including phenoxy) is 1. The van der Waals surface area contributed by atoms with Crippen molar-refractivity contribution in [3.8, 4) is 0 Å². The van der Waals surface area contributed by atoms with E-state index in [1.807, 2.05) is 11.4 Å². The van der Waals surface area contributed by atoms with Crippen molar-refractivity contribution in [3.05, 3.63) is 22.4 Å². The fourth-order valence-corrected chi connectivity index (χ4v) is 4.67. The molecule has 1 aromatic rings. The van der Waals surface area contributed by atoms with Crippen LogP contribution < -0.4 is 0 Å². The average molecular weight is 325 g/mol. The largest absolute Gasteiger partial charge is 0.394 e. The van der Waals surface area contributed by atoms with E-state index in [4.69, 9.17) is 4.74 Å². The Morgan fingerprint density at radius 3 is 2.41 bits per heavy atom. The molecule has 0 bridgehead atoms. The van der Waals surface area contributed by atoms with Crippen molar-refractivity contribution in [3.63, 3.8) is 0 Å². The van der Waals surface area contributed by atoms with E-state index in [1.165, 1.54) is 0 Å². The van der Waals surface area contributed by atoms with Gasteiger partial charge in [-0.2, -0.15) is 0 Å². The Balaban J connectivity index is 1.84. The number of amides is 1. The zero-order valence-corrected chi connectivity index (χ0v) is 13.4. The van der Waals surface area contributed by atoms with Gasteiger partial charge in [-0.25, -0.2) is 0 Å². The van der Waals surface area contributed by atoms with E-state index < -0.39 is 17.6 Å². The Labute approximate surface area is 134 Å². The summed E-state index contributed by atoms with van der Waals surface area (Å²) in [5, 5.41) is 20.8. The minimum Gasteiger partial charge on any atom is -0.394 e. The number of hydrogen-bond acceptors (Lipinski definition) is 5. The van der Waals surface area contributed by atoms with Gasteiger partial charge in [0.2, 0.25) is 5.91 Å². The number of carbonyl (C=O) groups is 1. The number of aliphatic hydroxyl groups excluding tert-OH is 2. The highest BCUT2D eigenvalue weighted by molar-refractivity contribution is 7.10. The molecule has 122 valence electrons. The van der Waals surface area contributed by atoms with E-state index >= 15 is 0 Å². The van der Waals surface area contributed by atoms with Crippen LogP contribution in [0.3, 0.4) is 0 Å². The summed E-state index contributed by atoms with van der Waals surface area (Å²) in [6.45, 7) is 0.538. The van der Waals surface area contributed by atoms with Gasteiger partial charge in [0.1, 0.15) is 0 Å². The van der Waals surface area contributed by atoms with Crippen LogP contribution >= 0.6 is 11.3 Å². The lowest BCUT2D eigenvalue weighted by atomic mass is 9.82. The number of nitrogens with zero attached hydrogens (tertiary/aromatic N) is 1. The molecule has 2 heterocycles. The first-order valence-corrected chi connectivity index (χ1v) is 8.78. The van der Waals surface area contributed by atoms with Gasteiger partial charge in [0, 0.05) is 18.0 Å². The van der Waals surface area contributed by atoms with Crippen LogP contribution in [0.25, 0.3) is 0 Å². The minimum atomic E-state index is -0.411. The summed E-state index contributed by atoms with van der Waals surface area (Å²) in [5.41, 5.74) is -0.411. The third-order valence-corrected chi connectivity index (χ3v) is 5.86. The summed E-state index contributed by atoms with van der Waals surface area (Å²) in [4.78, 5) is 16.2. The van der Waals surface area contributed by atoms with Crippen LogP contribution in [0.5, 0.6) is 0 Å². The Kier molecular flexibility index (Phi) is 4.82. The first-order chi connectivity index (χ1) is 10.7. The predicted molar refractivity (Wildman–Crippen MR) is 83.9 cm³/mol. The third-order valence-electron chi connectivity index (χ3n) is 4.79. The van der Waals surface area contributed by atoms with Crippen molar-refractivity contribution < 1.29 is 19.7 Å². The lowest BCUT2D eigenvalue weighted by molar-refractivity contribution is -0.157. The van der Waals surface area contributed by atoms with Crippen LogP contribution in [0.4, 0.5) is 0 Å². The van der Waals surface area contributed by atoms with Crippen LogP contribution in [0, 0.1) is 0 Å². The van der Waals surface area contributed by atoms with Gasteiger partial charge in [-0.15, -0.1) is 11.3 Å². The highest BCUT2D eigenvalue weighted by Crippen LogP contribution is 2.44. The van der Waals surface area contributed by atoms with Gasteiger partial charge in [-0.1, -0.05) is 18.9 Å². The van der Waals surface area contributed by atoms with Gasteiger partial charge in [-0.3, -0.25) is 4.79 Å². The quantitative estimate of drug-likeness (QED) is 0.871. The highest BCUT2D eigenvalue weighted by Gasteiger charge is 2.47.